The van der Waals surface area contributed by atoms with Gasteiger partial charge in [-0.15, -0.1) is 0 Å². The SMILES string of the molecule is CN(C(=O)c1cccc(NC(=O)Cc2ccc(NC(=O)C3CCN(C(=O)C4CCC4)CC3)cc2)c1)C1CCCCC1. The van der Waals surface area contributed by atoms with Gasteiger partial charge in [-0.3, -0.25) is 19.2 Å². The normalized spacial score (nSPS) is 18.3. The summed E-state index contributed by atoms with van der Waals surface area (Å²) in [6.45, 7) is 1.30. The maximum Gasteiger partial charge on any atom is 0.253 e. The molecule has 2 saturated carbocycles. The van der Waals surface area contributed by atoms with Crippen LogP contribution in [0.2, 0.25) is 0 Å². The van der Waals surface area contributed by atoms with Crippen LogP contribution in [-0.4, -0.2) is 59.6 Å². The molecule has 1 saturated heterocycles. The highest BCUT2D eigenvalue weighted by Crippen LogP contribution is 2.30. The number of anilines is 2. The van der Waals surface area contributed by atoms with E-state index >= 15 is 0 Å². The first-order valence-electron chi connectivity index (χ1n) is 15.2. The summed E-state index contributed by atoms with van der Waals surface area (Å²) in [7, 11) is 1.87. The molecular formula is C33H42N4O4. The number of piperidine rings is 1. The summed E-state index contributed by atoms with van der Waals surface area (Å²) in [5, 5.41) is 5.90. The van der Waals surface area contributed by atoms with Gasteiger partial charge in [0.05, 0.1) is 6.42 Å². The number of nitrogens with zero attached hydrogens (tertiary/aromatic N) is 2. The van der Waals surface area contributed by atoms with Crippen LogP contribution in [0.5, 0.6) is 0 Å². The van der Waals surface area contributed by atoms with E-state index in [4.69, 9.17) is 0 Å². The molecule has 0 atom stereocenters. The fourth-order valence-electron chi connectivity index (χ4n) is 6.18. The van der Waals surface area contributed by atoms with Gasteiger partial charge < -0.3 is 20.4 Å². The number of amides is 4. The zero-order valence-electron chi connectivity index (χ0n) is 24.1. The Kier molecular flexibility index (Phi) is 9.37. The van der Waals surface area contributed by atoms with E-state index in [0.29, 0.717) is 42.9 Å². The molecule has 3 fully saturated rings. The molecule has 2 N–H and O–H groups in total. The predicted octanol–water partition coefficient (Wildman–Crippen LogP) is 5.25. The summed E-state index contributed by atoms with van der Waals surface area (Å²) >= 11 is 0. The summed E-state index contributed by atoms with van der Waals surface area (Å²) in [5.41, 5.74) is 2.70. The molecule has 8 nitrogen and oxygen atoms in total. The van der Waals surface area contributed by atoms with Crippen molar-refractivity contribution >= 4 is 35.0 Å². The van der Waals surface area contributed by atoms with E-state index in [9.17, 15) is 19.2 Å². The molecule has 0 bridgehead atoms. The quantitative estimate of drug-likeness (QED) is 0.462. The van der Waals surface area contributed by atoms with Gasteiger partial charge >= 0.3 is 0 Å². The third-order valence-electron chi connectivity index (χ3n) is 9.05. The average molecular weight is 559 g/mol. The summed E-state index contributed by atoms with van der Waals surface area (Å²) in [4.78, 5) is 54.8. The van der Waals surface area contributed by atoms with Gasteiger partial charge in [0.25, 0.3) is 5.91 Å². The van der Waals surface area contributed by atoms with E-state index in [0.717, 1.165) is 50.5 Å². The van der Waals surface area contributed by atoms with Crippen LogP contribution in [0.15, 0.2) is 48.5 Å². The standard InChI is InChI=1S/C33H42N4O4/c1-36(29-11-3-2-4-12-29)32(40)26-9-6-10-28(22-26)34-30(38)21-23-13-15-27(16-14-23)35-31(39)24-17-19-37(20-18-24)33(41)25-7-5-8-25/h6,9-10,13-16,22,24-25,29H,2-5,7-8,11-12,17-21H2,1H3,(H,34,38)(H,35,39). The molecule has 0 aromatic heterocycles. The summed E-state index contributed by atoms with van der Waals surface area (Å²) in [5.74, 6) is 0.158. The molecule has 4 amide bonds. The fourth-order valence-corrected chi connectivity index (χ4v) is 6.18. The first-order chi connectivity index (χ1) is 19.9. The molecule has 2 aromatic rings. The molecule has 0 spiro atoms. The van der Waals surface area contributed by atoms with Gasteiger partial charge in [-0.2, -0.15) is 0 Å². The van der Waals surface area contributed by atoms with Gasteiger partial charge in [0.15, 0.2) is 0 Å². The minimum absolute atomic E-state index is 0.0154. The monoisotopic (exact) mass is 558 g/mol. The first-order valence-corrected chi connectivity index (χ1v) is 15.2. The minimum Gasteiger partial charge on any atom is -0.342 e. The third-order valence-corrected chi connectivity index (χ3v) is 9.05. The number of hydrogen-bond donors (Lipinski definition) is 2. The maximum absolute atomic E-state index is 13.0. The van der Waals surface area contributed by atoms with Crippen molar-refractivity contribution in [1.82, 2.24) is 9.80 Å². The Balaban J connectivity index is 1.08. The lowest BCUT2D eigenvalue weighted by molar-refractivity contribution is -0.140. The highest BCUT2D eigenvalue weighted by Gasteiger charge is 2.33. The Morgan fingerprint density at radius 2 is 1.49 bits per heavy atom. The number of benzene rings is 2. The summed E-state index contributed by atoms with van der Waals surface area (Å²) < 4.78 is 0. The number of likely N-dealkylation sites (tertiary alicyclic amines) is 1. The van der Waals surface area contributed by atoms with Crippen LogP contribution < -0.4 is 10.6 Å². The second-order valence-electron chi connectivity index (χ2n) is 11.9. The molecule has 8 heteroatoms. The molecule has 3 aliphatic rings. The van der Waals surface area contributed by atoms with Crippen molar-refractivity contribution in [3.63, 3.8) is 0 Å². The zero-order valence-corrected chi connectivity index (χ0v) is 24.1. The largest absolute Gasteiger partial charge is 0.342 e. The van der Waals surface area contributed by atoms with Crippen LogP contribution in [0.25, 0.3) is 0 Å². The van der Waals surface area contributed by atoms with E-state index in [1.165, 1.54) is 6.42 Å². The molecule has 41 heavy (non-hydrogen) atoms. The second-order valence-corrected chi connectivity index (χ2v) is 11.9. The van der Waals surface area contributed by atoms with E-state index in [1.54, 1.807) is 24.3 Å². The smallest absolute Gasteiger partial charge is 0.253 e. The van der Waals surface area contributed by atoms with Crippen LogP contribution in [0, 0.1) is 11.8 Å². The van der Waals surface area contributed by atoms with Crippen LogP contribution in [0.1, 0.15) is 80.1 Å². The Hall–Kier alpha value is -3.68. The van der Waals surface area contributed by atoms with Crippen LogP contribution in [-0.2, 0) is 20.8 Å². The molecule has 2 aliphatic carbocycles. The molecule has 0 radical (unpaired) electrons. The predicted molar refractivity (Wildman–Crippen MR) is 159 cm³/mol. The lowest BCUT2D eigenvalue weighted by Gasteiger charge is -2.36. The van der Waals surface area contributed by atoms with E-state index in [-0.39, 0.29) is 47.9 Å². The van der Waals surface area contributed by atoms with E-state index in [1.807, 2.05) is 41.1 Å². The van der Waals surface area contributed by atoms with Gasteiger partial charge in [-0.25, -0.2) is 0 Å². The average Bonchev–Trinajstić information content (AvgIpc) is 2.97. The lowest BCUT2D eigenvalue weighted by atomic mass is 9.83. The highest BCUT2D eigenvalue weighted by molar-refractivity contribution is 5.98. The van der Waals surface area contributed by atoms with Gasteiger partial charge in [-0.05, 0) is 74.4 Å². The molecule has 1 aliphatic heterocycles. The number of carbonyl (C=O) groups excluding carboxylic acids is 4. The third kappa shape index (κ3) is 7.34. The van der Waals surface area contributed by atoms with Gasteiger partial charge in [0.1, 0.15) is 0 Å². The molecule has 5 rings (SSSR count). The molecule has 2 aromatic carbocycles. The molecule has 0 unspecified atom stereocenters. The topological polar surface area (TPSA) is 98.8 Å². The first kappa shape index (κ1) is 28.8. The minimum atomic E-state index is -0.171. The highest BCUT2D eigenvalue weighted by atomic mass is 16.2. The fraction of sp³-hybridized carbons (Fsp3) is 0.515. The van der Waals surface area contributed by atoms with Crippen molar-refractivity contribution in [2.75, 3.05) is 30.8 Å². The van der Waals surface area contributed by atoms with Crippen molar-refractivity contribution in [3.05, 3.63) is 59.7 Å². The second kappa shape index (κ2) is 13.3. The Labute approximate surface area is 242 Å². The molecule has 218 valence electrons. The number of carbonyl (C=O) groups is 4. The number of hydrogen-bond acceptors (Lipinski definition) is 4. The Bertz CT molecular complexity index is 1240. The molecular weight excluding hydrogens is 516 g/mol. The van der Waals surface area contributed by atoms with Crippen molar-refractivity contribution in [2.45, 2.75) is 76.7 Å². The molecule has 1 heterocycles. The van der Waals surface area contributed by atoms with Crippen LogP contribution in [0.3, 0.4) is 0 Å². The van der Waals surface area contributed by atoms with Crippen molar-refractivity contribution in [3.8, 4) is 0 Å². The van der Waals surface area contributed by atoms with Gasteiger partial charge in [0.2, 0.25) is 17.7 Å². The Morgan fingerprint density at radius 1 is 0.780 bits per heavy atom. The van der Waals surface area contributed by atoms with Crippen LogP contribution >= 0.6 is 0 Å². The number of rotatable bonds is 8. The lowest BCUT2D eigenvalue weighted by Crippen LogP contribution is -2.45. The maximum atomic E-state index is 13.0. The van der Waals surface area contributed by atoms with E-state index in [2.05, 4.69) is 10.6 Å². The van der Waals surface area contributed by atoms with Crippen LogP contribution in [0.4, 0.5) is 11.4 Å². The Morgan fingerprint density at radius 3 is 2.15 bits per heavy atom. The number of nitrogens with one attached hydrogen (secondary N) is 2. The van der Waals surface area contributed by atoms with Crippen molar-refractivity contribution in [1.29, 1.82) is 0 Å². The van der Waals surface area contributed by atoms with Crippen molar-refractivity contribution in [2.24, 2.45) is 11.8 Å². The van der Waals surface area contributed by atoms with Gasteiger partial charge in [-0.1, -0.05) is 43.9 Å². The van der Waals surface area contributed by atoms with E-state index < -0.39 is 0 Å². The summed E-state index contributed by atoms with van der Waals surface area (Å²) in [6, 6.07) is 14.7. The van der Waals surface area contributed by atoms with Gasteiger partial charge in [0, 0.05) is 55.0 Å². The summed E-state index contributed by atoms with van der Waals surface area (Å²) in [6.07, 6.45) is 10.4. The zero-order chi connectivity index (χ0) is 28.8. The van der Waals surface area contributed by atoms with Crippen molar-refractivity contribution < 1.29 is 19.2 Å².